The summed E-state index contributed by atoms with van der Waals surface area (Å²) in [4.78, 5) is 32.3. The Balaban J connectivity index is 1.92. The first kappa shape index (κ1) is 21.1. The van der Waals surface area contributed by atoms with Crippen LogP contribution < -0.4 is 5.56 Å². The molecule has 0 amide bonds. The zero-order valence-corrected chi connectivity index (χ0v) is 19.0. The number of thiophene rings is 1. The van der Waals surface area contributed by atoms with Gasteiger partial charge in [-0.2, -0.15) is 0 Å². The predicted octanol–water partition coefficient (Wildman–Crippen LogP) is 4.20. The maximum Gasteiger partial charge on any atom is 0.318 e. The Morgan fingerprint density at radius 3 is 2.70 bits per heavy atom. The van der Waals surface area contributed by atoms with Crippen LogP contribution in [0, 0.1) is 5.92 Å². The molecule has 2 aromatic heterocycles. The molecule has 3 aromatic rings. The van der Waals surface area contributed by atoms with E-state index in [-0.39, 0.29) is 17.6 Å². The van der Waals surface area contributed by atoms with E-state index in [1.807, 2.05) is 30.3 Å². The Kier molecular flexibility index (Phi) is 5.99. The third-order valence-electron chi connectivity index (χ3n) is 5.28. The van der Waals surface area contributed by atoms with Crippen molar-refractivity contribution in [2.75, 3.05) is 7.11 Å². The Labute approximate surface area is 183 Å². The van der Waals surface area contributed by atoms with Gasteiger partial charge in [-0.1, -0.05) is 43.8 Å². The van der Waals surface area contributed by atoms with Crippen molar-refractivity contribution in [3.8, 4) is 5.69 Å². The summed E-state index contributed by atoms with van der Waals surface area (Å²) in [7, 11) is 1.36. The number of esters is 1. The smallest absolute Gasteiger partial charge is 0.318 e. The molecule has 2 atom stereocenters. The molecule has 0 saturated heterocycles. The van der Waals surface area contributed by atoms with Crippen molar-refractivity contribution in [3.05, 3.63) is 51.1 Å². The van der Waals surface area contributed by atoms with Gasteiger partial charge in [-0.3, -0.25) is 14.2 Å². The van der Waals surface area contributed by atoms with Gasteiger partial charge < -0.3 is 9.47 Å². The number of rotatable bonds is 5. The van der Waals surface area contributed by atoms with Gasteiger partial charge in [-0.05, 0) is 30.5 Å². The second-order valence-corrected chi connectivity index (χ2v) is 10.0. The van der Waals surface area contributed by atoms with Gasteiger partial charge in [0.25, 0.3) is 5.56 Å². The molecule has 3 heterocycles. The summed E-state index contributed by atoms with van der Waals surface area (Å²) in [5.74, 6) is 0.0146. The average Bonchev–Trinajstić information content (AvgIpc) is 3.11. The number of fused-ring (bicyclic) bond motifs is 3. The number of para-hydroxylation sites is 1. The van der Waals surface area contributed by atoms with Crippen molar-refractivity contribution in [3.63, 3.8) is 0 Å². The number of nitrogens with zero attached hydrogens (tertiary/aromatic N) is 2. The van der Waals surface area contributed by atoms with Crippen molar-refractivity contribution in [1.82, 2.24) is 9.55 Å². The minimum absolute atomic E-state index is 0.0910. The van der Waals surface area contributed by atoms with Crippen LogP contribution in [0.25, 0.3) is 15.9 Å². The van der Waals surface area contributed by atoms with E-state index in [4.69, 9.17) is 14.5 Å². The van der Waals surface area contributed by atoms with E-state index in [1.54, 1.807) is 11.5 Å². The Hall–Kier alpha value is -2.16. The molecule has 0 radical (unpaired) electrons. The highest BCUT2D eigenvalue weighted by Gasteiger charge is 2.29. The van der Waals surface area contributed by atoms with Crippen molar-refractivity contribution >= 4 is 39.3 Å². The van der Waals surface area contributed by atoms with Gasteiger partial charge in [-0.25, -0.2) is 4.98 Å². The Morgan fingerprint density at radius 2 is 2.03 bits per heavy atom. The standard InChI is InChI=1S/C22H24N2O4S2/c1-12(2)16-10-15-17(11-28-16)30-19-18(15)20(25)24(14-8-6-5-7-9-14)22(23-19)29-13(3)21(26)27-4/h5-9,12-13,16H,10-11H2,1-4H3/t13-,16+/m0/s1. The SMILES string of the molecule is COC(=O)[C@H](C)Sc1nc2sc3c(c2c(=O)n1-c1ccccc1)C[C@H](C(C)C)OC3. The molecule has 6 nitrogen and oxygen atoms in total. The number of methoxy groups -OCH3 is 1. The first-order chi connectivity index (χ1) is 14.4. The molecule has 0 fully saturated rings. The van der Waals surface area contributed by atoms with E-state index in [0.717, 1.165) is 16.1 Å². The molecule has 0 spiro atoms. The van der Waals surface area contributed by atoms with E-state index >= 15 is 0 Å². The van der Waals surface area contributed by atoms with E-state index in [2.05, 4.69) is 13.8 Å². The number of carbonyl (C=O) groups is 1. The largest absolute Gasteiger partial charge is 0.468 e. The van der Waals surface area contributed by atoms with Crippen LogP contribution in [0.4, 0.5) is 0 Å². The van der Waals surface area contributed by atoms with Gasteiger partial charge >= 0.3 is 5.97 Å². The second-order valence-electron chi connectivity index (χ2n) is 7.64. The fourth-order valence-electron chi connectivity index (χ4n) is 3.59. The molecule has 1 aromatic carbocycles. The predicted molar refractivity (Wildman–Crippen MR) is 120 cm³/mol. The minimum Gasteiger partial charge on any atom is -0.468 e. The van der Waals surface area contributed by atoms with Crippen molar-refractivity contribution in [1.29, 1.82) is 0 Å². The third kappa shape index (κ3) is 3.79. The highest BCUT2D eigenvalue weighted by atomic mass is 32.2. The van der Waals surface area contributed by atoms with E-state index in [1.165, 1.54) is 30.2 Å². The number of benzene rings is 1. The summed E-state index contributed by atoms with van der Waals surface area (Å²) in [5.41, 5.74) is 1.68. The minimum atomic E-state index is -0.488. The summed E-state index contributed by atoms with van der Waals surface area (Å²) in [6, 6.07) is 9.43. The first-order valence-electron chi connectivity index (χ1n) is 9.89. The number of aromatic nitrogens is 2. The molecule has 8 heteroatoms. The highest BCUT2D eigenvalue weighted by Crippen LogP contribution is 2.36. The normalized spacial score (nSPS) is 17.2. The van der Waals surface area contributed by atoms with Crippen molar-refractivity contribution in [2.24, 2.45) is 5.92 Å². The number of hydrogen-bond donors (Lipinski definition) is 0. The molecule has 1 aliphatic heterocycles. The van der Waals surface area contributed by atoms with E-state index in [9.17, 15) is 9.59 Å². The lowest BCUT2D eigenvalue weighted by Crippen LogP contribution is -2.28. The molecule has 0 N–H and O–H groups in total. The number of thioether (sulfide) groups is 1. The lowest BCUT2D eigenvalue weighted by atomic mass is 9.96. The van der Waals surface area contributed by atoms with Crippen LogP contribution in [-0.2, 0) is 27.3 Å². The van der Waals surface area contributed by atoms with Crippen molar-refractivity contribution in [2.45, 2.75) is 50.3 Å². The van der Waals surface area contributed by atoms with Crippen LogP contribution >= 0.6 is 23.1 Å². The van der Waals surface area contributed by atoms with Gasteiger partial charge in [0, 0.05) is 11.3 Å². The van der Waals surface area contributed by atoms with Gasteiger partial charge in [0.2, 0.25) is 0 Å². The number of hydrogen-bond acceptors (Lipinski definition) is 7. The molecule has 4 rings (SSSR count). The Morgan fingerprint density at radius 1 is 1.30 bits per heavy atom. The van der Waals surface area contributed by atoms with Crippen LogP contribution in [0.3, 0.4) is 0 Å². The van der Waals surface area contributed by atoms with Gasteiger partial charge in [0.05, 0.1) is 30.9 Å². The third-order valence-corrected chi connectivity index (χ3v) is 7.41. The fraction of sp³-hybridized carbons (Fsp3) is 0.409. The highest BCUT2D eigenvalue weighted by molar-refractivity contribution is 8.00. The maximum absolute atomic E-state index is 13.7. The molecule has 30 heavy (non-hydrogen) atoms. The summed E-state index contributed by atoms with van der Waals surface area (Å²) < 4.78 is 12.5. The fourth-order valence-corrected chi connectivity index (χ4v) is 5.71. The van der Waals surface area contributed by atoms with Crippen LogP contribution in [0.1, 0.15) is 31.2 Å². The lowest BCUT2D eigenvalue weighted by molar-refractivity contribution is -0.139. The van der Waals surface area contributed by atoms with Gasteiger partial charge in [-0.15, -0.1) is 11.3 Å². The summed E-state index contributed by atoms with van der Waals surface area (Å²) in [6.45, 7) is 6.52. The van der Waals surface area contributed by atoms with Gasteiger partial charge in [0.1, 0.15) is 10.1 Å². The monoisotopic (exact) mass is 444 g/mol. The molecule has 1 aliphatic rings. The quantitative estimate of drug-likeness (QED) is 0.334. The van der Waals surface area contributed by atoms with E-state index < -0.39 is 5.25 Å². The summed E-state index contributed by atoms with van der Waals surface area (Å²) in [6.07, 6.45) is 0.803. The molecule has 0 aliphatic carbocycles. The van der Waals surface area contributed by atoms with E-state index in [0.29, 0.717) is 34.3 Å². The second kappa shape index (κ2) is 8.53. The first-order valence-corrected chi connectivity index (χ1v) is 11.6. The Bertz CT molecular complexity index is 1140. The molecular formula is C22H24N2O4S2. The summed E-state index contributed by atoms with van der Waals surface area (Å²) >= 11 is 2.74. The molecule has 0 bridgehead atoms. The van der Waals surface area contributed by atoms with Crippen LogP contribution in [-0.4, -0.2) is 34.0 Å². The van der Waals surface area contributed by atoms with Crippen molar-refractivity contribution < 1.29 is 14.3 Å². The number of carbonyl (C=O) groups excluding carboxylic acids is 1. The topological polar surface area (TPSA) is 70.4 Å². The summed E-state index contributed by atoms with van der Waals surface area (Å²) in [5, 5.41) is 0.664. The molecule has 0 unspecified atom stereocenters. The molecule has 0 saturated carbocycles. The number of ether oxygens (including phenoxy) is 2. The molecule has 158 valence electrons. The van der Waals surface area contributed by atoms with Crippen LogP contribution in [0.2, 0.25) is 0 Å². The lowest BCUT2D eigenvalue weighted by Gasteiger charge is -2.26. The van der Waals surface area contributed by atoms with Gasteiger partial charge in [0.15, 0.2) is 5.16 Å². The van der Waals surface area contributed by atoms with Crippen LogP contribution in [0.15, 0.2) is 40.3 Å². The zero-order valence-electron chi connectivity index (χ0n) is 17.4. The maximum atomic E-state index is 13.7. The van der Waals surface area contributed by atoms with Crippen LogP contribution in [0.5, 0.6) is 0 Å². The zero-order chi connectivity index (χ0) is 21.4. The average molecular weight is 445 g/mol. The molecular weight excluding hydrogens is 420 g/mol.